The molecule has 0 amide bonds. The van der Waals surface area contributed by atoms with Gasteiger partial charge in [-0.3, -0.25) is 0 Å². The molecule has 0 aliphatic rings. The normalized spacial score (nSPS) is 11.0. The lowest BCUT2D eigenvalue weighted by atomic mass is 10.1. The molecular weight excluding hydrogens is 298 g/mol. The molecule has 0 fully saturated rings. The highest BCUT2D eigenvalue weighted by atomic mass is 16.5. The Morgan fingerprint density at radius 1 is 0.958 bits per heavy atom. The zero-order valence-electron chi connectivity index (χ0n) is 14.2. The van der Waals surface area contributed by atoms with E-state index in [1.165, 1.54) is 5.56 Å². The molecule has 0 radical (unpaired) electrons. The van der Waals surface area contributed by atoms with E-state index in [0.29, 0.717) is 5.92 Å². The van der Waals surface area contributed by atoms with Crippen molar-refractivity contribution in [3.8, 4) is 11.4 Å². The van der Waals surface area contributed by atoms with Gasteiger partial charge in [0.25, 0.3) is 0 Å². The molecule has 0 atom stereocenters. The number of benzene rings is 2. The van der Waals surface area contributed by atoms with Crippen LogP contribution < -0.4 is 4.74 Å². The molecule has 24 heavy (non-hydrogen) atoms. The molecule has 1 aromatic heterocycles. The van der Waals surface area contributed by atoms with Crippen LogP contribution in [0.4, 0.5) is 0 Å². The van der Waals surface area contributed by atoms with Gasteiger partial charge < -0.3 is 4.74 Å². The van der Waals surface area contributed by atoms with E-state index < -0.39 is 0 Å². The first kappa shape index (κ1) is 16.2. The van der Waals surface area contributed by atoms with Gasteiger partial charge >= 0.3 is 0 Å². The maximum atomic E-state index is 5.92. The number of hydrogen-bond donors (Lipinski definition) is 0. The van der Waals surface area contributed by atoms with Crippen LogP contribution in [-0.4, -0.2) is 21.6 Å². The van der Waals surface area contributed by atoms with E-state index in [2.05, 4.69) is 36.3 Å². The summed E-state index contributed by atoms with van der Waals surface area (Å²) in [6, 6.07) is 18.3. The van der Waals surface area contributed by atoms with Gasteiger partial charge in [-0.2, -0.15) is 0 Å². The SMILES string of the molecule is CC(C)COc1ccccc1CCc1cn(-c2ccccc2)nn1. The van der Waals surface area contributed by atoms with Gasteiger partial charge in [0.15, 0.2) is 0 Å². The Bertz CT molecular complexity index is 765. The first-order valence-electron chi connectivity index (χ1n) is 8.39. The highest BCUT2D eigenvalue weighted by molar-refractivity contribution is 5.34. The quantitative estimate of drug-likeness (QED) is 0.658. The van der Waals surface area contributed by atoms with Gasteiger partial charge in [0.1, 0.15) is 5.75 Å². The molecule has 0 spiro atoms. The van der Waals surface area contributed by atoms with Gasteiger partial charge in [-0.1, -0.05) is 55.5 Å². The minimum absolute atomic E-state index is 0.517. The zero-order chi connectivity index (χ0) is 16.8. The summed E-state index contributed by atoms with van der Waals surface area (Å²) in [4.78, 5) is 0. The van der Waals surface area contributed by atoms with E-state index in [4.69, 9.17) is 4.74 Å². The Balaban J connectivity index is 1.65. The molecule has 0 aliphatic heterocycles. The van der Waals surface area contributed by atoms with E-state index in [1.807, 2.05) is 53.3 Å². The van der Waals surface area contributed by atoms with Crippen LogP contribution in [0.15, 0.2) is 60.8 Å². The van der Waals surface area contributed by atoms with Crippen molar-refractivity contribution in [2.45, 2.75) is 26.7 Å². The molecule has 0 saturated heterocycles. The Kier molecular flexibility index (Phi) is 5.26. The van der Waals surface area contributed by atoms with Gasteiger partial charge in [0.2, 0.25) is 0 Å². The second kappa shape index (κ2) is 7.77. The van der Waals surface area contributed by atoms with Gasteiger partial charge in [-0.25, -0.2) is 4.68 Å². The first-order chi connectivity index (χ1) is 11.7. The second-order valence-electron chi connectivity index (χ2n) is 6.30. The van der Waals surface area contributed by atoms with Crippen LogP contribution in [0.3, 0.4) is 0 Å². The van der Waals surface area contributed by atoms with E-state index in [0.717, 1.165) is 36.6 Å². The number of nitrogens with zero attached hydrogens (tertiary/aromatic N) is 3. The molecule has 0 saturated carbocycles. The molecular formula is C20H23N3O. The first-order valence-corrected chi connectivity index (χ1v) is 8.39. The van der Waals surface area contributed by atoms with Crippen molar-refractivity contribution in [2.75, 3.05) is 6.61 Å². The molecule has 124 valence electrons. The molecule has 4 nitrogen and oxygen atoms in total. The standard InChI is InChI=1S/C20H23N3O/c1-16(2)15-24-20-11-7-6-8-17(20)12-13-18-14-23(22-21-18)19-9-4-3-5-10-19/h3-11,14,16H,12-13,15H2,1-2H3. The molecule has 2 aromatic carbocycles. The fourth-order valence-corrected chi connectivity index (χ4v) is 2.49. The van der Waals surface area contributed by atoms with Gasteiger partial charge in [0, 0.05) is 0 Å². The van der Waals surface area contributed by atoms with Crippen molar-refractivity contribution in [1.29, 1.82) is 0 Å². The van der Waals surface area contributed by atoms with Crippen LogP contribution in [0.25, 0.3) is 5.69 Å². The number of aromatic nitrogens is 3. The molecule has 0 N–H and O–H groups in total. The van der Waals surface area contributed by atoms with Crippen LogP contribution in [-0.2, 0) is 12.8 Å². The lowest BCUT2D eigenvalue weighted by Crippen LogP contribution is -2.06. The Hall–Kier alpha value is -2.62. The monoisotopic (exact) mass is 321 g/mol. The van der Waals surface area contributed by atoms with Crippen molar-refractivity contribution >= 4 is 0 Å². The van der Waals surface area contributed by atoms with Crippen LogP contribution >= 0.6 is 0 Å². The summed E-state index contributed by atoms with van der Waals surface area (Å²) < 4.78 is 7.74. The summed E-state index contributed by atoms with van der Waals surface area (Å²) in [6.45, 7) is 5.05. The third-order valence-electron chi connectivity index (χ3n) is 3.76. The lowest BCUT2D eigenvalue weighted by molar-refractivity contribution is 0.268. The Morgan fingerprint density at radius 2 is 1.71 bits per heavy atom. The molecule has 3 aromatic rings. The zero-order valence-corrected chi connectivity index (χ0v) is 14.2. The smallest absolute Gasteiger partial charge is 0.122 e. The molecule has 0 unspecified atom stereocenters. The van der Waals surface area contributed by atoms with Crippen molar-refractivity contribution in [1.82, 2.24) is 15.0 Å². The summed E-state index contributed by atoms with van der Waals surface area (Å²) in [5.41, 5.74) is 3.22. The fourth-order valence-electron chi connectivity index (χ4n) is 2.49. The summed E-state index contributed by atoms with van der Waals surface area (Å²) >= 11 is 0. The summed E-state index contributed by atoms with van der Waals surface area (Å²) in [5, 5.41) is 8.50. The predicted octanol–water partition coefficient (Wildman–Crippen LogP) is 4.09. The largest absolute Gasteiger partial charge is 0.493 e. The van der Waals surface area contributed by atoms with E-state index >= 15 is 0 Å². The van der Waals surface area contributed by atoms with Crippen LogP contribution in [0.1, 0.15) is 25.1 Å². The van der Waals surface area contributed by atoms with E-state index in [1.54, 1.807) is 0 Å². The molecule has 0 bridgehead atoms. The molecule has 0 aliphatic carbocycles. The van der Waals surface area contributed by atoms with E-state index in [9.17, 15) is 0 Å². The number of hydrogen-bond acceptors (Lipinski definition) is 3. The molecule has 3 rings (SSSR count). The van der Waals surface area contributed by atoms with Crippen LogP contribution in [0.5, 0.6) is 5.75 Å². The third-order valence-corrected chi connectivity index (χ3v) is 3.76. The van der Waals surface area contributed by atoms with Crippen LogP contribution in [0, 0.1) is 5.92 Å². The summed E-state index contributed by atoms with van der Waals surface area (Å²) in [7, 11) is 0. The van der Waals surface area contributed by atoms with Crippen molar-refractivity contribution in [3.05, 3.63) is 72.1 Å². The average molecular weight is 321 g/mol. The third kappa shape index (κ3) is 4.22. The highest BCUT2D eigenvalue weighted by Gasteiger charge is 2.07. The average Bonchev–Trinajstić information content (AvgIpc) is 3.08. The van der Waals surface area contributed by atoms with Gasteiger partial charge in [0.05, 0.1) is 24.2 Å². The van der Waals surface area contributed by atoms with Gasteiger partial charge in [-0.15, -0.1) is 5.10 Å². The minimum atomic E-state index is 0.517. The molecule has 1 heterocycles. The highest BCUT2D eigenvalue weighted by Crippen LogP contribution is 2.20. The summed E-state index contributed by atoms with van der Waals surface area (Å²) in [6.07, 6.45) is 3.73. The Labute approximate surface area is 143 Å². The number of aryl methyl sites for hydroxylation is 2. The maximum Gasteiger partial charge on any atom is 0.122 e. The number of para-hydroxylation sites is 2. The van der Waals surface area contributed by atoms with Crippen molar-refractivity contribution < 1.29 is 4.74 Å². The van der Waals surface area contributed by atoms with Crippen molar-refractivity contribution in [2.24, 2.45) is 5.92 Å². The number of rotatable bonds is 7. The predicted molar refractivity (Wildman–Crippen MR) is 95.5 cm³/mol. The fraction of sp³-hybridized carbons (Fsp3) is 0.300. The van der Waals surface area contributed by atoms with Crippen LogP contribution in [0.2, 0.25) is 0 Å². The summed E-state index contributed by atoms with van der Waals surface area (Å²) in [5.74, 6) is 1.49. The topological polar surface area (TPSA) is 39.9 Å². The minimum Gasteiger partial charge on any atom is -0.493 e. The van der Waals surface area contributed by atoms with Crippen molar-refractivity contribution in [3.63, 3.8) is 0 Å². The number of ether oxygens (including phenoxy) is 1. The van der Waals surface area contributed by atoms with Gasteiger partial charge in [-0.05, 0) is 42.5 Å². The van der Waals surface area contributed by atoms with E-state index in [-0.39, 0.29) is 0 Å². The lowest BCUT2D eigenvalue weighted by Gasteiger charge is -2.12. The second-order valence-corrected chi connectivity index (χ2v) is 6.30. The maximum absolute atomic E-state index is 5.92. The Morgan fingerprint density at radius 3 is 2.50 bits per heavy atom. The molecule has 4 heteroatoms.